The first-order valence-electron chi connectivity index (χ1n) is 25.1. The van der Waals surface area contributed by atoms with Gasteiger partial charge < -0.3 is 19.1 Å². The van der Waals surface area contributed by atoms with Crippen LogP contribution in [0.1, 0.15) is 88.1 Å². The maximum atomic E-state index is 6.62. The van der Waals surface area contributed by atoms with Crippen molar-refractivity contribution >= 4 is 122 Å². The maximum Gasteiger partial charge on any atom is 0.252 e. The summed E-state index contributed by atoms with van der Waals surface area (Å²) in [5, 5.41) is 4.90. The molecular weight excluding hydrogens is 858 g/mol. The first kappa shape index (κ1) is 41.2. The van der Waals surface area contributed by atoms with Crippen molar-refractivity contribution in [1.82, 2.24) is 0 Å². The lowest BCUT2D eigenvalue weighted by molar-refractivity contribution is 0.194. The Labute approximate surface area is 409 Å². The van der Waals surface area contributed by atoms with Crippen LogP contribution in [0.4, 0.5) is 45.5 Å². The summed E-state index contributed by atoms with van der Waals surface area (Å²) in [6, 6.07) is 55.9. The maximum absolute atomic E-state index is 6.62. The van der Waals surface area contributed by atoms with Crippen molar-refractivity contribution in [3.05, 3.63) is 173 Å². The van der Waals surface area contributed by atoms with Gasteiger partial charge in [-0.3, -0.25) is 0 Å². The van der Waals surface area contributed by atoms with E-state index in [1.165, 1.54) is 118 Å². The van der Waals surface area contributed by atoms with Gasteiger partial charge in [0.05, 0.1) is 15.9 Å². The SMILES string of the molecule is Cc1cc2c3c(c1)N(c1cccc4c1sc1ccccc14)c1cc(N4c5cc(C)cc(C)c5C5(C)CCCCC45C)ccc1B3c1ccc(C(C)(C)C)cc1N2c1ccc2c(c1)oc1ccccc12. The molecule has 0 N–H and O–H groups in total. The van der Waals surface area contributed by atoms with Gasteiger partial charge in [-0.05, 0) is 157 Å². The van der Waals surface area contributed by atoms with Crippen molar-refractivity contribution in [2.24, 2.45) is 0 Å². The number of furan rings is 1. The van der Waals surface area contributed by atoms with E-state index in [0.717, 1.165) is 34.0 Å². The van der Waals surface area contributed by atoms with Gasteiger partial charge in [-0.2, -0.15) is 0 Å². The van der Waals surface area contributed by atoms with Gasteiger partial charge >= 0.3 is 0 Å². The van der Waals surface area contributed by atoms with Crippen LogP contribution in [-0.4, -0.2) is 12.3 Å². The van der Waals surface area contributed by atoms with Crippen LogP contribution in [0.2, 0.25) is 0 Å². The Bertz CT molecular complexity index is 3850. The minimum Gasteiger partial charge on any atom is -0.456 e. The van der Waals surface area contributed by atoms with E-state index in [4.69, 9.17) is 4.42 Å². The summed E-state index contributed by atoms with van der Waals surface area (Å²) in [7, 11) is 0. The van der Waals surface area contributed by atoms with Crippen LogP contribution in [0.25, 0.3) is 42.1 Å². The highest BCUT2D eigenvalue weighted by Gasteiger charge is 2.58. The molecule has 5 heterocycles. The van der Waals surface area contributed by atoms with E-state index in [9.17, 15) is 0 Å². The molecule has 0 spiro atoms. The Hall–Kier alpha value is -6.76. The number of para-hydroxylation sites is 1. The summed E-state index contributed by atoms with van der Waals surface area (Å²) in [6.07, 6.45) is 4.87. The molecule has 1 aliphatic carbocycles. The van der Waals surface area contributed by atoms with Crippen LogP contribution in [-0.2, 0) is 10.8 Å². The van der Waals surface area contributed by atoms with Crippen LogP contribution in [0.3, 0.4) is 0 Å². The van der Waals surface area contributed by atoms with Gasteiger partial charge in [0.25, 0.3) is 6.71 Å². The number of anilines is 8. The number of benzene rings is 8. The second-order valence-corrected chi connectivity index (χ2v) is 23.3. The normalized spacial score (nSPS) is 19.4. The molecule has 6 heteroatoms. The third-order valence-corrected chi connectivity index (χ3v) is 18.3. The number of hydrogen-bond acceptors (Lipinski definition) is 5. The molecule has 8 aromatic carbocycles. The molecule has 2 atom stereocenters. The zero-order valence-electron chi connectivity index (χ0n) is 40.9. The molecular formula is C63H56BN3OS. The number of thiophene rings is 1. The second-order valence-electron chi connectivity index (χ2n) is 22.2. The highest BCUT2D eigenvalue weighted by atomic mass is 32.1. The van der Waals surface area contributed by atoms with Crippen LogP contribution >= 0.6 is 11.3 Å². The van der Waals surface area contributed by atoms with E-state index in [1.807, 2.05) is 11.3 Å². The average Bonchev–Trinajstić information content (AvgIpc) is 3.96. The van der Waals surface area contributed by atoms with Gasteiger partial charge in [-0.15, -0.1) is 11.3 Å². The highest BCUT2D eigenvalue weighted by molar-refractivity contribution is 7.26. The number of fused-ring (bicyclic) bond motifs is 13. The van der Waals surface area contributed by atoms with E-state index in [2.05, 4.69) is 216 Å². The molecule has 0 bridgehead atoms. The largest absolute Gasteiger partial charge is 0.456 e. The molecule has 0 radical (unpaired) electrons. The molecule has 2 unspecified atom stereocenters. The van der Waals surface area contributed by atoms with Crippen molar-refractivity contribution < 1.29 is 4.42 Å². The molecule has 0 amide bonds. The lowest BCUT2D eigenvalue weighted by atomic mass is 9.33. The van der Waals surface area contributed by atoms with E-state index in [1.54, 1.807) is 5.56 Å². The fourth-order valence-corrected chi connectivity index (χ4v) is 15.0. The highest BCUT2D eigenvalue weighted by Crippen LogP contribution is 2.62. The lowest BCUT2D eigenvalue weighted by Crippen LogP contribution is -2.61. The second kappa shape index (κ2) is 14.2. The van der Waals surface area contributed by atoms with E-state index in [-0.39, 0.29) is 23.1 Å². The Morgan fingerprint density at radius 2 is 1.22 bits per heavy atom. The monoisotopic (exact) mass is 913 g/mol. The third-order valence-electron chi connectivity index (χ3n) is 17.1. The van der Waals surface area contributed by atoms with Crippen molar-refractivity contribution in [1.29, 1.82) is 0 Å². The quantitative estimate of drug-likeness (QED) is 0.165. The summed E-state index contributed by atoms with van der Waals surface area (Å²) in [4.78, 5) is 8.00. The van der Waals surface area contributed by atoms with Crippen LogP contribution in [0.15, 0.2) is 150 Å². The number of nitrogens with zero attached hydrogens (tertiary/aromatic N) is 3. The molecule has 4 nitrogen and oxygen atoms in total. The van der Waals surface area contributed by atoms with Gasteiger partial charge in [-0.1, -0.05) is 113 Å². The van der Waals surface area contributed by atoms with Crippen LogP contribution < -0.4 is 31.1 Å². The molecule has 69 heavy (non-hydrogen) atoms. The molecule has 2 aromatic heterocycles. The third kappa shape index (κ3) is 5.58. The fourth-order valence-electron chi connectivity index (χ4n) is 13.8. The number of rotatable bonds is 3. The minimum atomic E-state index is -0.0741. The zero-order valence-corrected chi connectivity index (χ0v) is 41.7. The Morgan fingerprint density at radius 1 is 0.551 bits per heavy atom. The van der Waals surface area contributed by atoms with Gasteiger partial charge in [0, 0.05) is 77.5 Å². The van der Waals surface area contributed by atoms with Crippen LogP contribution in [0.5, 0.6) is 0 Å². The Balaban J connectivity index is 1.07. The molecule has 3 aliphatic heterocycles. The first-order valence-corrected chi connectivity index (χ1v) is 25.9. The number of hydrogen-bond donors (Lipinski definition) is 0. The predicted octanol–water partition coefficient (Wildman–Crippen LogP) is 16.0. The van der Waals surface area contributed by atoms with Crippen molar-refractivity contribution in [2.75, 3.05) is 14.7 Å². The molecule has 338 valence electrons. The smallest absolute Gasteiger partial charge is 0.252 e. The first-order chi connectivity index (χ1) is 33.3. The van der Waals surface area contributed by atoms with E-state index in [0.29, 0.717) is 0 Å². The zero-order chi connectivity index (χ0) is 46.9. The van der Waals surface area contributed by atoms with E-state index >= 15 is 0 Å². The summed E-state index contributed by atoms with van der Waals surface area (Å²) in [5.41, 5.74) is 22.5. The number of aryl methyl sites for hydroxylation is 3. The van der Waals surface area contributed by atoms with Crippen molar-refractivity contribution in [3.8, 4) is 0 Å². The lowest BCUT2D eigenvalue weighted by Gasteiger charge is -2.51. The standard InChI is InChI=1S/C63H56BN3OS/c1-37-30-39(3)58-52(31-37)67(63(8)29-14-13-28-62(58,63)7)42-24-27-48-51(35-42)66(49-19-15-18-46-45-17-10-12-21-57(45)69-60(46)49)54-33-38(2)32-53-59(54)64(48)47-26-22-40(61(4,5)6)34-50(47)65(53)41-23-25-44-43-16-9-11-20-55(43)68-56(44)36-41/h9-12,15-27,30-36H,13-14,28-29H2,1-8H3. The van der Waals surface area contributed by atoms with Gasteiger partial charge in [-0.25, -0.2) is 0 Å². The van der Waals surface area contributed by atoms with Crippen molar-refractivity contribution in [2.45, 2.75) is 97.4 Å². The van der Waals surface area contributed by atoms with Gasteiger partial charge in [0.1, 0.15) is 11.2 Å². The molecule has 1 saturated carbocycles. The topological polar surface area (TPSA) is 22.9 Å². The van der Waals surface area contributed by atoms with Crippen molar-refractivity contribution in [3.63, 3.8) is 0 Å². The van der Waals surface area contributed by atoms with Gasteiger partial charge in [0.15, 0.2) is 0 Å². The summed E-state index contributed by atoms with van der Waals surface area (Å²) >= 11 is 1.92. The summed E-state index contributed by atoms with van der Waals surface area (Å²) < 4.78 is 9.25. The molecule has 14 rings (SSSR count). The molecule has 0 saturated heterocycles. The van der Waals surface area contributed by atoms with Gasteiger partial charge in [0.2, 0.25) is 0 Å². The van der Waals surface area contributed by atoms with Crippen LogP contribution in [0, 0.1) is 20.8 Å². The summed E-state index contributed by atoms with van der Waals surface area (Å²) in [6.45, 7) is 19.1. The summed E-state index contributed by atoms with van der Waals surface area (Å²) in [5.74, 6) is 0. The predicted molar refractivity (Wildman–Crippen MR) is 296 cm³/mol. The Kier molecular flexibility index (Phi) is 8.47. The fraction of sp³-hybridized carbons (Fsp3) is 0.238. The Morgan fingerprint density at radius 3 is 2.04 bits per heavy atom. The average molecular weight is 914 g/mol. The molecule has 4 aliphatic rings. The molecule has 10 aromatic rings. The molecule has 1 fully saturated rings. The van der Waals surface area contributed by atoms with E-state index < -0.39 is 0 Å². The minimum absolute atomic E-state index is 0.00130.